The molecule has 19 heavy (non-hydrogen) atoms. The van der Waals surface area contributed by atoms with Crippen molar-refractivity contribution in [3.05, 3.63) is 35.4 Å². The first-order chi connectivity index (χ1) is 8.97. The van der Waals surface area contributed by atoms with E-state index in [1.54, 1.807) is 0 Å². The highest BCUT2D eigenvalue weighted by molar-refractivity contribution is 5.67. The van der Waals surface area contributed by atoms with Gasteiger partial charge in [-0.3, -0.25) is 4.79 Å². The quantitative estimate of drug-likeness (QED) is 0.747. The van der Waals surface area contributed by atoms with Crippen LogP contribution >= 0.6 is 0 Å². The predicted octanol–water partition coefficient (Wildman–Crippen LogP) is 1.53. The minimum atomic E-state index is -0.755. The fraction of sp³-hybridized carbons (Fsp3) is 0.533. The van der Waals surface area contributed by atoms with Gasteiger partial charge in [0.1, 0.15) is 0 Å². The molecule has 2 N–H and O–H groups in total. The number of benzene rings is 1. The largest absolute Gasteiger partial charge is 0.481 e. The smallest absolute Gasteiger partial charge is 0.304 e. The van der Waals surface area contributed by atoms with Crippen LogP contribution in [-0.4, -0.2) is 49.2 Å². The molecule has 0 radical (unpaired) electrons. The maximum Gasteiger partial charge on any atom is 0.304 e. The molecule has 1 atom stereocenters. The van der Waals surface area contributed by atoms with Crippen molar-refractivity contribution in [1.29, 1.82) is 0 Å². The van der Waals surface area contributed by atoms with Crippen molar-refractivity contribution in [3.8, 4) is 0 Å². The van der Waals surface area contributed by atoms with Crippen LogP contribution in [0.15, 0.2) is 24.3 Å². The molecule has 0 heterocycles. The number of rotatable bonds is 8. The number of carbonyl (C=O) groups is 1. The molecule has 0 aromatic heterocycles. The van der Waals surface area contributed by atoms with Crippen LogP contribution in [0.25, 0.3) is 0 Å². The van der Waals surface area contributed by atoms with Crippen molar-refractivity contribution in [2.24, 2.45) is 0 Å². The van der Waals surface area contributed by atoms with Crippen LogP contribution in [0.5, 0.6) is 0 Å². The minimum Gasteiger partial charge on any atom is -0.481 e. The molecule has 0 aliphatic rings. The number of aryl methyl sites for hydroxylation is 1. The normalized spacial score (nSPS) is 12.6. The van der Waals surface area contributed by atoms with Gasteiger partial charge in [0.2, 0.25) is 0 Å². The minimum absolute atomic E-state index is 0.0137. The second-order valence-corrected chi connectivity index (χ2v) is 5.24. The number of nitrogens with one attached hydrogen (secondary N) is 1. The van der Waals surface area contributed by atoms with Crippen molar-refractivity contribution >= 4 is 5.97 Å². The van der Waals surface area contributed by atoms with Gasteiger partial charge in [0, 0.05) is 19.1 Å². The molecule has 106 valence electrons. The molecule has 1 unspecified atom stereocenters. The molecule has 1 aromatic carbocycles. The van der Waals surface area contributed by atoms with Crippen LogP contribution in [0.4, 0.5) is 0 Å². The number of likely N-dealkylation sites (N-methyl/N-ethyl adjacent to an activating group) is 1. The first-order valence-electron chi connectivity index (χ1n) is 6.63. The summed E-state index contributed by atoms with van der Waals surface area (Å²) in [5.41, 5.74) is 2.40. The summed E-state index contributed by atoms with van der Waals surface area (Å²) in [6, 6.07) is 8.25. The lowest BCUT2D eigenvalue weighted by Crippen LogP contribution is -2.37. The monoisotopic (exact) mass is 264 g/mol. The third-order valence-electron chi connectivity index (χ3n) is 3.02. The fourth-order valence-electron chi connectivity index (χ4n) is 1.93. The van der Waals surface area contributed by atoms with E-state index in [1.807, 2.05) is 21.0 Å². The second-order valence-electron chi connectivity index (χ2n) is 5.24. The Morgan fingerprint density at radius 3 is 2.47 bits per heavy atom. The van der Waals surface area contributed by atoms with Gasteiger partial charge in [-0.1, -0.05) is 29.8 Å². The van der Waals surface area contributed by atoms with E-state index < -0.39 is 5.97 Å². The highest BCUT2D eigenvalue weighted by Crippen LogP contribution is 2.08. The Morgan fingerprint density at radius 1 is 1.32 bits per heavy atom. The fourth-order valence-corrected chi connectivity index (χ4v) is 1.93. The molecule has 1 aromatic rings. The van der Waals surface area contributed by atoms with E-state index in [0.29, 0.717) is 0 Å². The molecule has 0 amide bonds. The molecule has 4 nitrogen and oxygen atoms in total. The zero-order valence-electron chi connectivity index (χ0n) is 12.0. The van der Waals surface area contributed by atoms with Crippen molar-refractivity contribution in [2.45, 2.75) is 25.8 Å². The first-order valence-corrected chi connectivity index (χ1v) is 6.63. The molecule has 0 aliphatic heterocycles. The van der Waals surface area contributed by atoms with Crippen molar-refractivity contribution in [2.75, 3.05) is 27.2 Å². The van der Waals surface area contributed by atoms with E-state index in [0.717, 1.165) is 19.5 Å². The lowest BCUT2D eigenvalue weighted by atomic mass is 10.0. The molecule has 0 saturated heterocycles. The lowest BCUT2D eigenvalue weighted by molar-refractivity contribution is -0.137. The van der Waals surface area contributed by atoms with E-state index in [1.165, 1.54) is 11.1 Å². The first kappa shape index (κ1) is 15.7. The summed E-state index contributed by atoms with van der Waals surface area (Å²) < 4.78 is 0. The summed E-state index contributed by atoms with van der Waals surface area (Å²) in [6.07, 6.45) is 0.904. The number of carboxylic acid groups (broad SMARTS) is 1. The molecule has 0 aliphatic carbocycles. The van der Waals surface area contributed by atoms with E-state index >= 15 is 0 Å². The highest BCUT2D eigenvalue weighted by Gasteiger charge is 2.13. The zero-order valence-corrected chi connectivity index (χ0v) is 12.0. The van der Waals surface area contributed by atoms with Gasteiger partial charge in [-0.25, -0.2) is 0 Å². The number of aliphatic carboxylic acids is 1. The third-order valence-corrected chi connectivity index (χ3v) is 3.02. The van der Waals surface area contributed by atoms with Crippen LogP contribution < -0.4 is 5.32 Å². The zero-order chi connectivity index (χ0) is 14.3. The molecule has 1 rings (SSSR count). The van der Waals surface area contributed by atoms with Crippen molar-refractivity contribution < 1.29 is 9.90 Å². The van der Waals surface area contributed by atoms with Crippen LogP contribution in [0.2, 0.25) is 0 Å². The van der Waals surface area contributed by atoms with Gasteiger partial charge in [-0.05, 0) is 33.0 Å². The standard InChI is InChI=1S/C15H24N2O2/c1-12-4-6-13(7-5-12)10-14(11-15(18)19)16-8-9-17(2)3/h4-7,14,16H,8-11H2,1-3H3,(H,18,19). The molecular formula is C15H24N2O2. The Kier molecular flexibility index (Phi) is 6.53. The Hall–Kier alpha value is -1.39. The third kappa shape index (κ3) is 6.94. The average molecular weight is 264 g/mol. The molecule has 0 bridgehead atoms. The Bertz CT molecular complexity index is 388. The van der Waals surface area contributed by atoms with Crippen LogP contribution in [0, 0.1) is 6.92 Å². The molecule has 0 fully saturated rings. The SMILES string of the molecule is Cc1ccc(CC(CC(=O)O)NCCN(C)C)cc1. The highest BCUT2D eigenvalue weighted by atomic mass is 16.4. The summed E-state index contributed by atoms with van der Waals surface area (Å²) in [5.74, 6) is -0.755. The second kappa shape index (κ2) is 7.92. The van der Waals surface area contributed by atoms with Gasteiger partial charge >= 0.3 is 5.97 Å². The summed E-state index contributed by atoms with van der Waals surface area (Å²) in [4.78, 5) is 13.0. The van der Waals surface area contributed by atoms with Crippen LogP contribution in [0.3, 0.4) is 0 Å². The van der Waals surface area contributed by atoms with Gasteiger partial charge < -0.3 is 15.3 Å². The Labute approximate surface area is 115 Å². The lowest BCUT2D eigenvalue weighted by Gasteiger charge is -2.19. The number of hydrogen-bond donors (Lipinski definition) is 2. The average Bonchev–Trinajstić information content (AvgIpc) is 2.30. The topological polar surface area (TPSA) is 52.6 Å². The Morgan fingerprint density at radius 2 is 1.95 bits per heavy atom. The van der Waals surface area contributed by atoms with Gasteiger partial charge in [-0.2, -0.15) is 0 Å². The van der Waals surface area contributed by atoms with E-state index in [2.05, 4.69) is 34.5 Å². The van der Waals surface area contributed by atoms with Crippen LogP contribution in [0.1, 0.15) is 17.5 Å². The molecule has 0 saturated carbocycles. The molecule has 0 spiro atoms. The number of nitrogens with zero attached hydrogens (tertiary/aromatic N) is 1. The number of carboxylic acids is 1. The summed E-state index contributed by atoms with van der Waals surface area (Å²) in [7, 11) is 4.02. The summed E-state index contributed by atoms with van der Waals surface area (Å²) in [5, 5.41) is 12.3. The van der Waals surface area contributed by atoms with Crippen LogP contribution in [-0.2, 0) is 11.2 Å². The van der Waals surface area contributed by atoms with Gasteiger partial charge in [0.05, 0.1) is 6.42 Å². The predicted molar refractivity (Wildman–Crippen MR) is 77.5 cm³/mol. The maximum atomic E-state index is 10.9. The maximum absolute atomic E-state index is 10.9. The summed E-state index contributed by atoms with van der Waals surface area (Å²) in [6.45, 7) is 3.76. The van der Waals surface area contributed by atoms with Crippen molar-refractivity contribution in [3.63, 3.8) is 0 Å². The van der Waals surface area contributed by atoms with E-state index in [4.69, 9.17) is 5.11 Å². The van der Waals surface area contributed by atoms with Crippen molar-refractivity contribution in [1.82, 2.24) is 10.2 Å². The van der Waals surface area contributed by atoms with E-state index in [-0.39, 0.29) is 12.5 Å². The Balaban J connectivity index is 2.53. The number of hydrogen-bond acceptors (Lipinski definition) is 3. The van der Waals surface area contributed by atoms with Gasteiger partial charge in [-0.15, -0.1) is 0 Å². The van der Waals surface area contributed by atoms with E-state index in [9.17, 15) is 4.79 Å². The summed E-state index contributed by atoms with van der Waals surface area (Å²) >= 11 is 0. The van der Waals surface area contributed by atoms with Gasteiger partial charge in [0.25, 0.3) is 0 Å². The molecular weight excluding hydrogens is 240 g/mol. The molecule has 4 heteroatoms. The van der Waals surface area contributed by atoms with Gasteiger partial charge in [0.15, 0.2) is 0 Å².